The second-order valence-electron chi connectivity index (χ2n) is 5.17. The van der Waals surface area contributed by atoms with Gasteiger partial charge in [0.25, 0.3) is 0 Å². The van der Waals surface area contributed by atoms with Gasteiger partial charge in [0, 0.05) is 12.1 Å². The monoisotopic (exact) mass is 229 g/mol. The summed E-state index contributed by atoms with van der Waals surface area (Å²) in [5, 5.41) is 9.23. The lowest BCUT2D eigenvalue weighted by Gasteiger charge is -2.36. The summed E-state index contributed by atoms with van der Waals surface area (Å²) in [6.45, 7) is 3.15. The lowest BCUT2D eigenvalue weighted by molar-refractivity contribution is -0.00667. The third-order valence-electron chi connectivity index (χ3n) is 3.50. The Labute approximate surface area is 99.4 Å². The maximum Gasteiger partial charge on any atom is 0.0612 e. The fraction of sp³-hybridized carbons (Fsp3) is 1.00. The number of unbranched alkanes of at least 4 members (excludes halogenated alkanes) is 3. The predicted octanol–water partition coefficient (Wildman–Crippen LogP) is 2.22. The van der Waals surface area contributed by atoms with Gasteiger partial charge in [0.2, 0.25) is 0 Å². The molecule has 0 aromatic carbocycles. The molecule has 0 aliphatic heterocycles. The summed E-state index contributed by atoms with van der Waals surface area (Å²) in [6.07, 6.45) is 9.18. The molecule has 2 unspecified atom stereocenters. The zero-order chi connectivity index (χ0) is 11.9. The van der Waals surface area contributed by atoms with Gasteiger partial charge in [0.15, 0.2) is 0 Å². The molecule has 96 valence electrons. The first kappa shape index (κ1) is 13.9. The van der Waals surface area contributed by atoms with Crippen molar-refractivity contribution in [3.63, 3.8) is 0 Å². The summed E-state index contributed by atoms with van der Waals surface area (Å²) in [6, 6.07) is 0. The van der Waals surface area contributed by atoms with Crippen LogP contribution in [0.5, 0.6) is 0 Å². The summed E-state index contributed by atoms with van der Waals surface area (Å²) < 4.78 is 5.84. The number of hydrogen-bond acceptors (Lipinski definition) is 3. The highest BCUT2D eigenvalue weighted by atomic mass is 16.5. The highest BCUT2D eigenvalue weighted by molar-refractivity contribution is 4.90. The summed E-state index contributed by atoms with van der Waals surface area (Å²) in [7, 11) is 0. The van der Waals surface area contributed by atoms with Gasteiger partial charge in [-0.3, -0.25) is 0 Å². The molecule has 1 aliphatic carbocycles. The number of rotatable bonds is 7. The number of ether oxygens (including phenoxy) is 1. The first-order valence-corrected chi connectivity index (χ1v) is 6.71. The first-order valence-electron chi connectivity index (χ1n) is 6.71. The number of aliphatic hydroxyl groups excluding tert-OH is 1. The lowest BCUT2D eigenvalue weighted by atomic mass is 9.81. The molecule has 2 atom stereocenters. The average Bonchev–Trinajstić information content (AvgIpc) is 2.29. The minimum atomic E-state index is -0.383. The van der Waals surface area contributed by atoms with Gasteiger partial charge in [-0.05, 0) is 32.1 Å². The molecule has 3 N–H and O–H groups in total. The van der Waals surface area contributed by atoms with Gasteiger partial charge in [-0.25, -0.2) is 0 Å². The van der Waals surface area contributed by atoms with E-state index in [9.17, 15) is 5.11 Å². The Bertz CT molecular complexity index is 187. The van der Waals surface area contributed by atoms with Crippen molar-refractivity contribution in [3.8, 4) is 0 Å². The van der Waals surface area contributed by atoms with E-state index in [-0.39, 0.29) is 18.2 Å². The van der Waals surface area contributed by atoms with E-state index in [1.54, 1.807) is 0 Å². The summed E-state index contributed by atoms with van der Waals surface area (Å²) in [5.41, 5.74) is 5.69. The third kappa shape index (κ3) is 4.81. The Hall–Kier alpha value is -0.120. The molecule has 0 bridgehead atoms. The maximum absolute atomic E-state index is 9.23. The van der Waals surface area contributed by atoms with Crippen LogP contribution >= 0.6 is 0 Å². The van der Waals surface area contributed by atoms with Crippen LogP contribution in [0.1, 0.15) is 58.3 Å². The van der Waals surface area contributed by atoms with Gasteiger partial charge in [-0.15, -0.1) is 0 Å². The Morgan fingerprint density at radius 3 is 2.88 bits per heavy atom. The zero-order valence-corrected chi connectivity index (χ0v) is 10.6. The fourth-order valence-corrected chi connectivity index (χ4v) is 2.40. The van der Waals surface area contributed by atoms with Gasteiger partial charge in [0.05, 0.1) is 12.7 Å². The molecule has 0 heterocycles. The minimum absolute atomic E-state index is 0.0860. The second-order valence-corrected chi connectivity index (χ2v) is 5.17. The molecular formula is C13H27NO2. The zero-order valence-electron chi connectivity index (χ0n) is 10.6. The molecule has 0 saturated heterocycles. The van der Waals surface area contributed by atoms with E-state index >= 15 is 0 Å². The van der Waals surface area contributed by atoms with E-state index in [1.807, 2.05) is 0 Å². The molecule has 0 aromatic rings. The highest BCUT2D eigenvalue weighted by Gasteiger charge is 2.32. The number of hydrogen-bond donors (Lipinski definition) is 2. The van der Waals surface area contributed by atoms with E-state index in [4.69, 9.17) is 10.5 Å². The molecule has 16 heavy (non-hydrogen) atoms. The standard InChI is InChI=1S/C13H27NO2/c1-2-3-4-5-9-16-12-7-6-8-13(14,10-12)11-15/h12,15H,2-11,14H2,1H3. The van der Waals surface area contributed by atoms with Crippen LogP contribution in [0.15, 0.2) is 0 Å². The van der Waals surface area contributed by atoms with Crippen molar-refractivity contribution >= 4 is 0 Å². The SMILES string of the molecule is CCCCCCOC1CCCC(N)(CO)C1. The largest absolute Gasteiger partial charge is 0.394 e. The Balaban J connectivity index is 2.12. The van der Waals surface area contributed by atoms with E-state index in [2.05, 4.69) is 6.92 Å². The van der Waals surface area contributed by atoms with E-state index in [0.717, 1.165) is 38.7 Å². The molecule has 0 amide bonds. The number of nitrogens with two attached hydrogens (primary N) is 1. The van der Waals surface area contributed by atoms with Crippen molar-refractivity contribution < 1.29 is 9.84 Å². The molecule has 3 heteroatoms. The Morgan fingerprint density at radius 1 is 1.38 bits per heavy atom. The lowest BCUT2D eigenvalue weighted by Crippen LogP contribution is -2.49. The number of aliphatic hydroxyl groups is 1. The van der Waals surface area contributed by atoms with Crippen LogP contribution < -0.4 is 5.73 Å². The minimum Gasteiger partial charge on any atom is -0.394 e. The van der Waals surface area contributed by atoms with Gasteiger partial charge in [0.1, 0.15) is 0 Å². The van der Waals surface area contributed by atoms with E-state index < -0.39 is 0 Å². The van der Waals surface area contributed by atoms with Gasteiger partial charge < -0.3 is 15.6 Å². The Morgan fingerprint density at radius 2 is 2.19 bits per heavy atom. The molecule has 3 nitrogen and oxygen atoms in total. The van der Waals surface area contributed by atoms with Crippen LogP contribution in [-0.2, 0) is 4.74 Å². The molecule has 0 aromatic heterocycles. The summed E-state index contributed by atoms with van der Waals surface area (Å²) in [4.78, 5) is 0. The normalized spacial score (nSPS) is 30.6. The van der Waals surface area contributed by atoms with Crippen molar-refractivity contribution in [2.24, 2.45) is 5.73 Å². The quantitative estimate of drug-likeness (QED) is 0.658. The van der Waals surface area contributed by atoms with Crippen molar-refractivity contribution in [1.82, 2.24) is 0 Å². The molecule has 1 rings (SSSR count). The van der Waals surface area contributed by atoms with Crippen LogP contribution in [0.3, 0.4) is 0 Å². The van der Waals surface area contributed by atoms with Crippen LogP contribution in [-0.4, -0.2) is 30.0 Å². The van der Waals surface area contributed by atoms with Gasteiger partial charge >= 0.3 is 0 Å². The first-order chi connectivity index (χ1) is 7.70. The van der Waals surface area contributed by atoms with E-state index in [1.165, 1.54) is 19.3 Å². The highest BCUT2D eigenvalue weighted by Crippen LogP contribution is 2.27. The predicted molar refractivity (Wildman–Crippen MR) is 66.4 cm³/mol. The smallest absolute Gasteiger partial charge is 0.0612 e. The average molecular weight is 229 g/mol. The van der Waals surface area contributed by atoms with Crippen LogP contribution in [0, 0.1) is 0 Å². The molecule has 0 spiro atoms. The van der Waals surface area contributed by atoms with Crippen LogP contribution in [0.4, 0.5) is 0 Å². The van der Waals surface area contributed by atoms with Crippen LogP contribution in [0.25, 0.3) is 0 Å². The maximum atomic E-state index is 9.23. The fourth-order valence-electron chi connectivity index (χ4n) is 2.40. The topological polar surface area (TPSA) is 55.5 Å². The van der Waals surface area contributed by atoms with Gasteiger partial charge in [-0.2, -0.15) is 0 Å². The molecule has 1 aliphatic rings. The van der Waals surface area contributed by atoms with E-state index in [0.29, 0.717) is 0 Å². The van der Waals surface area contributed by atoms with Crippen molar-refractivity contribution in [3.05, 3.63) is 0 Å². The van der Waals surface area contributed by atoms with Gasteiger partial charge in [-0.1, -0.05) is 26.2 Å². The van der Waals surface area contributed by atoms with Crippen LogP contribution in [0.2, 0.25) is 0 Å². The molecular weight excluding hydrogens is 202 g/mol. The van der Waals surface area contributed by atoms with Crippen molar-refractivity contribution in [2.45, 2.75) is 69.9 Å². The summed E-state index contributed by atoms with van der Waals surface area (Å²) >= 11 is 0. The van der Waals surface area contributed by atoms with Crippen molar-refractivity contribution in [2.75, 3.05) is 13.2 Å². The molecule has 1 fully saturated rings. The van der Waals surface area contributed by atoms with Crippen molar-refractivity contribution in [1.29, 1.82) is 0 Å². The third-order valence-corrected chi connectivity index (χ3v) is 3.50. The summed E-state index contributed by atoms with van der Waals surface area (Å²) in [5.74, 6) is 0. The second kappa shape index (κ2) is 7.25. The molecule has 0 radical (unpaired) electrons. The Kier molecular flexibility index (Phi) is 6.32. The molecule has 1 saturated carbocycles.